The first-order valence-corrected chi connectivity index (χ1v) is 10.7. The molecule has 8 heteroatoms. The van der Waals surface area contributed by atoms with Crippen molar-refractivity contribution in [3.63, 3.8) is 0 Å². The lowest BCUT2D eigenvalue weighted by molar-refractivity contribution is 0.0277. The number of ether oxygens (including phenoxy) is 3. The zero-order valence-corrected chi connectivity index (χ0v) is 20.8. The third-order valence-electron chi connectivity index (χ3n) is 5.08. The van der Waals surface area contributed by atoms with Crippen LogP contribution in [0.2, 0.25) is 0 Å². The molecule has 0 saturated heterocycles. The van der Waals surface area contributed by atoms with Crippen LogP contribution in [-0.2, 0) is 4.74 Å². The minimum Gasteiger partial charge on any atom is -0.497 e. The minimum atomic E-state index is -0.787. The highest BCUT2D eigenvalue weighted by atomic mass is 127. The van der Waals surface area contributed by atoms with Gasteiger partial charge in [0.1, 0.15) is 17.6 Å². The number of hydrogen-bond donors (Lipinski definition) is 3. The molecule has 1 atom stereocenters. The summed E-state index contributed by atoms with van der Waals surface area (Å²) in [5.74, 6) is 1.98. The van der Waals surface area contributed by atoms with E-state index < -0.39 is 6.10 Å². The van der Waals surface area contributed by atoms with Gasteiger partial charge >= 0.3 is 0 Å². The van der Waals surface area contributed by atoms with E-state index in [2.05, 4.69) is 15.6 Å². The second-order valence-electron chi connectivity index (χ2n) is 7.25. The van der Waals surface area contributed by atoms with Crippen molar-refractivity contribution in [1.29, 1.82) is 0 Å². The van der Waals surface area contributed by atoms with E-state index >= 15 is 0 Å². The molecule has 172 valence electrons. The molecule has 1 fully saturated rings. The average molecular weight is 535 g/mol. The normalized spacial score (nSPS) is 15.8. The summed E-state index contributed by atoms with van der Waals surface area (Å²) < 4.78 is 16.6. The Labute approximate surface area is 198 Å². The number of methoxy groups -OCH3 is 2. The van der Waals surface area contributed by atoms with Gasteiger partial charge in [-0.05, 0) is 44.4 Å². The Morgan fingerprint density at radius 1 is 1.17 bits per heavy atom. The van der Waals surface area contributed by atoms with Gasteiger partial charge in [-0.15, -0.1) is 24.0 Å². The predicted molar refractivity (Wildman–Crippen MR) is 131 cm³/mol. The fraction of sp³-hybridized carbons (Fsp3) is 0.682. The van der Waals surface area contributed by atoms with Crippen LogP contribution in [0.5, 0.6) is 11.5 Å². The molecule has 0 aromatic heterocycles. The summed E-state index contributed by atoms with van der Waals surface area (Å²) in [6.07, 6.45) is 6.90. The lowest BCUT2D eigenvalue weighted by atomic mass is 9.98. The van der Waals surface area contributed by atoms with Gasteiger partial charge in [-0.2, -0.15) is 0 Å². The van der Waals surface area contributed by atoms with Crippen molar-refractivity contribution in [2.45, 2.75) is 57.7 Å². The first-order chi connectivity index (χ1) is 14.2. The number of nitrogens with zero attached hydrogens (tertiary/aromatic N) is 1. The van der Waals surface area contributed by atoms with Gasteiger partial charge in [0, 0.05) is 25.3 Å². The summed E-state index contributed by atoms with van der Waals surface area (Å²) in [6, 6.07) is 5.37. The van der Waals surface area contributed by atoms with Crippen molar-refractivity contribution in [1.82, 2.24) is 10.6 Å². The van der Waals surface area contributed by atoms with Crippen LogP contribution >= 0.6 is 24.0 Å². The van der Waals surface area contributed by atoms with Crippen molar-refractivity contribution in [2.75, 3.05) is 40.5 Å². The van der Waals surface area contributed by atoms with E-state index in [-0.39, 0.29) is 30.5 Å². The lowest BCUT2D eigenvalue weighted by Crippen LogP contribution is -2.38. The first-order valence-electron chi connectivity index (χ1n) is 10.7. The number of guanidine groups is 1. The Hall–Kier alpha value is -1.26. The van der Waals surface area contributed by atoms with Crippen molar-refractivity contribution >= 4 is 29.9 Å². The summed E-state index contributed by atoms with van der Waals surface area (Å²) in [5, 5.41) is 17.1. The Morgan fingerprint density at radius 2 is 1.93 bits per heavy atom. The van der Waals surface area contributed by atoms with E-state index in [4.69, 9.17) is 14.2 Å². The van der Waals surface area contributed by atoms with Gasteiger partial charge in [0.15, 0.2) is 5.96 Å². The highest BCUT2D eigenvalue weighted by Gasteiger charge is 2.15. The largest absolute Gasteiger partial charge is 0.497 e. The summed E-state index contributed by atoms with van der Waals surface area (Å²) in [5.41, 5.74) is 0.660. The van der Waals surface area contributed by atoms with Gasteiger partial charge < -0.3 is 30.0 Å². The van der Waals surface area contributed by atoms with Gasteiger partial charge in [-0.25, -0.2) is 0 Å². The average Bonchev–Trinajstić information content (AvgIpc) is 2.77. The maximum absolute atomic E-state index is 10.6. The van der Waals surface area contributed by atoms with Crippen molar-refractivity contribution < 1.29 is 19.3 Å². The van der Waals surface area contributed by atoms with E-state index in [0.717, 1.165) is 26.1 Å². The molecule has 3 N–H and O–H groups in total. The maximum Gasteiger partial charge on any atom is 0.191 e. The van der Waals surface area contributed by atoms with Crippen LogP contribution in [0.4, 0.5) is 0 Å². The quantitative estimate of drug-likeness (QED) is 0.174. The smallest absolute Gasteiger partial charge is 0.191 e. The van der Waals surface area contributed by atoms with Gasteiger partial charge in [0.05, 0.1) is 26.9 Å². The van der Waals surface area contributed by atoms with Crippen LogP contribution in [0.3, 0.4) is 0 Å². The fourth-order valence-corrected chi connectivity index (χ4v) is 3.48. The lowest BCUT2D eigenvalue weighted by Gasteiger charge is -2.22. The zero-order valence-electron chi connectivity index (χ0n) is 18.5. The monoisotopic (exact) mass is 535 g/mol. The highest BCUT2D eigenvalue weighted by molar-refractivity contribution is 14.0. The number of rotatable bonds is 11. The molecule has 0 spiro atoms. The summed E-state index contributed by atoms with van der Waals surface area (Å²) in [4.78, 5) is 4.52. The van der Waals surface area contributed by atoms with Crippen molar-refractivity contribution in [3.8, 4) is 11.5 Å². The topological polar surface area (TPSA) is 84.3 Å². The third kappa shape index (κ3) is 9.26. The molecular weight excluding hydrogens is 497 g/mol. The summed E-state index contributed by atoms with van der Waals surface area (Å²) in [7, 11) is 3.18. The minimum absolute atomic E-state index is 0. The number of aliphatic hydroxyl groups is 1. The second kappa shape index (κ2) is 15.5. The SMILES string of the molecule is CCNC(=NCC(O)c1cc(OC)ccc1OC)NCCCOC1CCCCC1.I. The van der Waals surface area contributed by atoms with Crippen LogP contribution in [-0.4, -0.2) is 57.6 Å². The number of aliphatic imine (C=N–C) groups is 1. The van der Waals surface area contributed by atoms with Crippen LogP contribution in [0.1, 0.15) is 57.1 Å². The number of nitrogens with one attached hydrogen (secondary N) is 2. The second-order valence-corrected chi connectivity index (χ2v) is 7.25. The fourth-order valence-electron chi connectivity index (χ4n) is 3.48. The summed E-state index contributed by atoms with van der Waals surface area (Å²) >= 11 is 0. The molecule has 0 amide bonds. The molecule has 0 bridgehead atoms. The standard InChI is InChI=1S/C22H37N3O4.HI/c1-4-23-22(24-13-8-14-29-17-9-6-5-7-10-17)25-16-20(26)19-15-18(27-2)11-12-21(19)28-3;/h11-12,15,17,20,26H,4-10,13-14,16H2,1-3H3,(H2,23,24,25);1H. The molecule has 0 heterocycles. The maximum atomic E-state index is 10.6. The van der Waals surface area contributed by atoms with E-state index in [0.29, 0.717) is 29.1 Å². The van der Waals surface area contributed by atoms with E-state index in [9.17, 15) is 5.11 Å². The first kappa shape index (κ1) is 26.8. The molecule has 1 aromatic rings. The molecular formula is C22H38IN3O4. The molecule has 30 heavy (non-hydrogen) atoms. The molecule has 0 aliphatic heterocycles. The van der Waals surface area contributed by atoms with Crippen molar-refractivity contribution in [2.24, 2.45) is 4.99 Å². The van der Waals surface area contributed by atoms with Gasteiger partial charge in [-0.1, -0.05) is 19.3 Å². The Kier molecular flexibility index (Phi) is 13.9. The predicted octanol–water partition coefficient (Wildman–Crippen LogP) is 3.65. The molecule has 7 nitrogen and oxygen atoms in total. The van der Waals surface area contributed by atoms with Gasteiger partial charge in [0.2, 0.25) is 0 Å². The van der Waals surface area contributed by atoms with Crippen LogP contribution < -0.4 is 20.1 Å². The zero-order chi connectivity index (χ0) is 20.9. The van der Waals surface area contributed by atoms with Crippen LogP contribution in [0, 0.1) is 0 Å². The van der Waals surface area contributed by atoms with E-state index in [1.807, 2.05) is 6.92 Å². The number of hydrogen-bond acceptors (Lipinski definition) is 5. The molecule has 1 aromatic carbocycles. The Bertz CT molecular complexity index is 624. The van der Waals surface area contributed by atoms with Gasteiger partial charge in [-0.3, -0.25) is 4.99 Å². The van der Waals surface area contributed by atoms with E-state index in [1.165, 1.54) is 32.1 Å². The molecule has 1 aliphatic carbocycles. The molecule has 2 rings (SSSR count). The van der Waals surface area contributed by atoms with E-state index in [1.54, 1.807) is 32.4 Å². The number of benzene rings is 1. The van der Waals surface area contributed by atoms with Crippen LogP contribution in [0.25, 0.3) is 0 Å². The third-order valence-corrected chi connectivity index (χ3v) is 5.08. The Morgan fingerprint density at radius 3 is 2.60 bits per heavy atom. The number of aliphatic hydroxyl groups excluding tert-OH is 1. The number of halogens is 1. The summed E-state index contributed by atoms with van der Waals surface area (Å²) in [6.45, 7) is 4.53. The highest BCUT2D eigenvalue weighted by Crippen LogP contribution is 2.29. The Balaban J connectivity index is 0.00000450. The molecule has 1 unspecified atom stereocenters. The molecule has 1 aliphatic rings. The molecule has 0 radical (unpaired) electrons. The van der Waals surface area contributed by atoms with Gasteiger partial charge in [0.25, 0.3) is 0 Å². The van der Waals surface area contributed by atoms with Crippen LogP contribution in [0.15, 0.2) is 23.2 Å². The molecule has 1 saturated carbocycles. The van der Waals surface area contributed by atoms with Crippen molar-refractivity contribution in [3.05, 3.63) is 23.8 Å².